The van der Waals surface area contributed by atoms with E-state index in [2.05, 4.69) is 44.7 Å². The van der Waals surface area contributed by atoms with Gasteiger partial charge in [-0.05, 0) is 63.9 Å². The summed E-state index contributed by atoms with van der Waals surface area (Å²) in [4.78, 5) is 2.37. The first kappa shape index (κ1) is 22.0. The molecular weight excluding hydrogens is 433 g/mol. The van der Waals surface area contributed by atoms with Crippen LogP contribution in [-0.2, 0) is 19.5 Å². The highest BCUT2D eigenvalue weighted by Crippen LogP contribution is 2.38. The van der Waals surface area contributed by atoms with Crippen molar-refractivity contribution >= 4 is 0 Å². The molecule has 0 spiro atoms. The molecule has 0 aliphatic carbocycles. The standard InChI is InChI=1S/C26H26FN5O2/c1-33-22-11-12-24(34-2)23(15-22)25(31-14-13-19-5-3-4-6-20(19)17-31)26-28-29-30-32(26)16-18-7-9-21(27)10-8-18/h3-12,15,25H,13-14,16-17H2,1-2H3/t25-/m1/s1. The van der Waals surface area contributed by atoms with Crippen LogP contribution in [0.3, 0.4) is 0 Å². The lowest BCUT2D eigenvalue weighted by atomic mass is 9.95. The van der Waals surface area contributed by atoms with Gasteiger partial charge in [-0.2, -0.15) is 0 Å². The Morgan fingerprint density at radius 3 is 2.53 bits per heavy atom. The summed E-state index contributed by atoms with van der Waals surface area (Å²) in [5, 5.41) is 12.7. The smallest absolute Gasteiger partial charge is 0.173 e. The molecule has 0 fully saturated rings. The second kappa shape index (κ2) is 9.61. The minimum absolute atomic E-state index is 0.270. The lowest BCUT2D eigenvalue weighted by molar-refractivity contribution is 0.191. The SMILES string of the molecule is COc1ccc(OC)c([C@H](c2nnnn2Cc2ccc(F)cc2)N2CCc3ccccc3C2)c1. The zero-order valence-electron chi connectivity index (χ0n) is 19.2. The molecule has 0 N–H and O–H groups in total. The summed E-state index contributed by atoms with van der Waals surface area (Å²) >= 11 is 0. The van der Waals surface area contributed by atoms with Crippen LogP contribution < -0.4 is 9.47 Å². The molecule has 174 valence electrons. The summed E-state index contributed by atoms with van der Waals surface area (Å²) < 4.78 is 26.5. The fourth-order valence-corrected chi connectivity index (χ4v) is 4.57. The van der Waals surface area contributed by atoms with E-state index in [1.807, 2.05) is 18.2 Å². The zero-order chi connectivity index (χ0) is 23.5. The summed E-state index contributed by atoms with van der Waals surface area (Å²) in [5.41, 5.74) is 4.49. The van der Waals surface area contributed by atoms with Crippen molar-refractivity contribution in [2.45, 2.75) is 25.6 Å². The maximum Gasteiger partial charge on any atom is 0.173 e. The van der Waals surface area contributed by atoms with Gasteiger partial charge in [0, 0.05) is 18.7 Å². The van der Waals surface area contributed by atoms with Crippen molar-refractivity contribution in [1.29, 1.82) is 0 Å². The summed E-state index contributed by atoms with van der Waals surface area (Å²) in [6.45, 7) is 2.02. The number of nitrogens with zero attached hydrogens (tertiary/aromatic N) is 5. The van der Waals surface area contributed by atoms with Gasteiger partial charge in [-0.15, -0.1) is 5.10 Å². The third-order valence-electron chi connectivity index (χ3n) is 6.31. The van der Waals surface area contributed by atoms with Gasteiger partial charge in [0.15, 0.2) is 5.82 Å². The van der Waals surface area contributed by atoms with Gasteiger partial charge in [0.2, 0.25) is 0 Å². The van der Waals surface area contributed by atoms with Crippen LogP contribution in [0.1, 0.15) is 34.1 Å². The molecule has 2 heterocycles. The Morgan fingerprint density at radius 1 is 0.971 bits per heavy atom. The van der Waals surface area contributed by atoms with E-state index in [-0.39, 0.29) is 11.9 Å². The minimum Gasteiger partial charge on any atom is -0.497 e. The highest BCUT2D eigenvalue weighted by molar-refractivity contribution is 5.45. The van der Waals surface area contributed by atoms with Gasteiger partial charge in [-0.25, -0.2) is 9.07 Å². The van der Waals surface area contributed by atoms with Gasteiger partial charge >= 0.3 is 0 Å². The molecule has 7 nitrogen and oxygen atoms in total. The van der Waals surface area contributed by atoms with E-state index in [0.717, 1.165) is 42.1 Å². The summed E-state index contributed by atoms with van der Waals surface area (Å²) in [5.74, 6) is 1.89. The number of tetrazole rings is 1. The van der Waals surface area contributed by atoms with Gasteiger partial charge in [-0.3, -0.25) is 4.90 Å². The molecule has 1 aliphatic rings. The van der Waals surface area contributed by atoms with Gasteiger partial charge in [0.05, 0.1) is 20.8 Å². The highest BCUT2D eigenvalue weighted by atomic mass is 19.1. The summed E-state index contributed by atoms with van der Waals surface area (Å²) in [6.07, 6.45) is 0.929. The van der Waals surface area contributed by atoms with Crippen LogP contribution in [0, 0.1) is 5.82 Å². The van der Waals surface area contributed by atoms with Crippen LogP contribution in [0.25, 0.3) is 0 Å². The van der Waals surface area contributed by atoms with Crippen molar-refractivity contribution in [3.63, 3.8) is 0 Å². The van der Waals surface area contributed by atoms with Crippen molar-refractivity contribution in [3.05, 3.63) is 101 Å². The first-order valence-electron chi connectivity index (χ1n) is 11.2. The summed E-state index contributed by atoms with van der Waals surface area (Å²) in [6, 6.07) is 20.4. The molecule has 1 aliphatic heterocycles. The van der Waals surface area contributed by atoms with Crippen LogP contribution in [0.2, 0.25) is 0 Å². The molecule has 0 amide bonds. The van der Waals surface area contributed by atoms with Crippen molar-refractivity contribution in [1.82, 2.24) is 25.1 Å². The largest absolute Gasteiger partial charge is 0.497 e. The third kappa shape index (κ3) is 4.36. The molecular formula is C26H26FN5O2. The van der Waals surface area contributed by atoms with Gasteiger partial charge in [0.1, 0.15) is 23.4 Å². The molecule has 0 unspecified atom stereocenters. The Bertz CT molecular complexity index is 1270. The second-order valence-corrected chi connectivity index (χ2v) is 8.32. The molecule has 4 aromatic rings. The normalized spacial score (nSPS) is 14.4. The number of aromatic nitrogens is 4. The summed E-state index contributed by atoms with van der Waals surface area (Å²) in [7, 11) is 3.31. The fourth-order valence-electron chi connectivity index (χ4n) is 4.57. The van der Waals surface area contributed by atoms with Gasteiger partial charge in [0.25, 0.3) is 0 Å². The third-order valence-corrected chi connectivity index (χ3v) is 6.31. The molecule has 0 bridgehead atoms. The van der Waals surface area contributed by atoms with E-state index in [1.165, 1.54) is 23.3 Å². The Hall–Kier alpha value is -3.78. The molecule has 0 radical (unpaired) electrons. The predicted molar refractivity (Wildman–Crippen MR) is 125 cm³/mol. The lowest BCUT2D eigenvalue weighted by Crippen LogP contribution is -2.36. The van der Waals surface area contributed by atoms with E-state index in [9.17, 15) is 4.39 Å². The molecule has 5 rings (SSSR count). The van der Waals surface area contributed by atoms with Crippen LogP contribution in [0.5, 0.6) is 11.5 Å². The Morgan fingerprint density at radius 2 is 1.76 bits per heavy atom. The Kier molecular flexibility index (Phi) is 6.22. The van der Waals surface area contributed by atoms with Gasteiger partial charge in [-0.1, -0.05) is 36.4 Å². The Labute approximate surface area is 197 Å². The molecule has 8 heteroatoms. The molecule has 1 aromatic heterocycles. The van der Waals surface area contributed by atoms with Crippen LogP contribution >= 0.6 is 0 Å². The number of benzene rings is 3. The van der Waals surface area contributed by atoms with Crippen molar-refractivity contribution in [2.75, 3.05) is 20.8 Å². The lowest BCUT2D eigenvalue weighted by Gasteiger charge is -2.35. The molecule has 3 aromatic carbocycles. The van der Waals surface area contributed by atoms with Crippen molar-refractivity contribution in [3.8, 4) is 11.5 Å². The average molecular weight is 460 g/mol. The molecule has 34 heavy (non-hydrogen) atoms. The maximum absolute atomic E-state index is 13.4. The number of hydrogen-bond donors (Lipinski definition) is 0. The number of hydrogen-bond acceptors (Lipinski definition) is 6. The molecule has 1 atom stereocenters. The van der Waals surface area contributed by atoms with E-state index >= 15 is 0 Å². The fraction of sp³-hybridized carbons (Fsp3) is 0.269. The number of halogens is 1. The number of rotatable bonds is 7. The van der Waals surface area contributed by atoms with Crippen molar-refractivity contribution in [2.24, 2.45) is 0 Å². The van der Waals surface area contributed by atoms with Crippen molar-refractivity contribution < 1.29 is 13.9 Å². The minimum atomic E-state index is -0.272. The van der Waals surface area contributed by atoms with E-state index < -0.39 is 0 Å². The predicted octanol–water partition coefficient (Wildman–Crippen LogP) is 4.03. The average Bonchev–Trinajstić information content (AvgIpc) is 3.33. The van der Waals surface area contributed by atoms with Gasteiger partial charge < -0.3 is 9.47 Å². The van der Waals surface area contributed by atoms with Crippen LogP contribution in [0.15, 0.2) is 66.7 Å². The van der Waals surface area contributed by atoms with E-state index in [0.29, 0.717) is 12.4 Å². The molecule has 0 saturated carbocycles. The highest BCUT2D eigenvalue weighted by Gasteiger charge is 2.33. The first-order valence-corrected chi connectivity index (χ1v) is 11.2. The Balaban J connectivity index is 1.59. The van der Waals surface area contributed by atoms with Crippen LogP contribution in [-0.4, -0.2) is 45.9 Å². The second-order valence-electron chi connectivity index (χ2n) is 8.32. The van der Waals surface area contributed by atoms with E-state index in [4.69, 9.17) is 9.47 Å². The quantitative estimate of drug-likeness (QED) is 0.416. The van der Waals surface area contributed by atoms with E-state index in [1.54, 1.807) is 31.0 Å². The first-order chi connectivity index (χ1) is 16.7. The maximum atomic E-state index is 13.4. The monoisotopic (exact) mass is 459 g/mol. The number of methoxy groups -OCH3 is 2. The number of fused-ring (bicyclic) bond motifs is 1. The van der Waals surface area contributed by atoms with Crippen LogP contribution in [0.4, 0.5) is 4.39 Å². The topological polar surface area (TPSA) is 65.3 Å². The number of ether oxygens (including phenoxy) is 2. The molecule has 0 saturated heterocycles. The zero-order valence-corrected chi connectivity index (χ0v) is 19.2.